The van der Waals surface area contributed by atoms with Gasteiger partial charge in [-0.15, -0.1) is 0 Å². The van der Waals surface area contributed by atoms with Gasteiger partial charge in [0.2, 0.25) is 0 Å². The Hall–Kier alpha value is -0.780. The maximum absolute atomic E-state index is 3.96. The van der Waals surface area contributed by atoms with Gasteiger partial charge >= 0.3 is 0 Å². The fourth-order valence-electron chi connectivity index (χ4n) is 2.41. The summed E-state index contributed by atoms with van der Waals surface area (Å²) in [7, 11) is 0. The minimum Gasteiger partial charge on any atom is -0.0654 e. The average Bonchev–Trinajstić information content (AvgIpc) is 2.39. The normalized spacial score (nSPS) is 12.6. The van der Waals surface area contributed by atoms with Crippen molar-refractivity contribution in [2.45, 2.75) is 64.2 Å². The van der Waals surface area contributed by atoms with E-state index in [1.54, 1.807) is 0 Å². The first-order chi connectivity index (χ1) is 8.38. The van der Waals surface area contributed by atoms with E-state index in [1.807, 2.05) is 0 Å². The van der Waals surface area contributed by atoms with Gasteiger partial charge in [0.25, 0.3) is 0 Å². The summed E-state index contributed by atoms with van der Waals surface area (Å²) in [5, 5.41) is 0. The molecule has 1 rings (SSSR count). The van der Waals surface area contributed by atoms with Crippen LogP contribution in [0.4, 0.5) is 0 Å². The lowest BCUT2D eigenvalue weighted by atomic mass is 9.89. The SMILES string of the molecule is [CH2]CCCC(CCCCCC)c1ccccc1. The molecule has 1 atom stereocenters. The molecule has 0 aromatic heterocycles. The molecule has 0 N–H and O–H groups in total. The lowest BCUT2D eigenvalue weighted by Gasteiger charge is -2.17. The van der Waals surface area contributed by atoms with Crippen LogP contribution in [-0.2, 0) is 0 Å². The van der Waals surface area contributed by atoms with Gasteiger partial charge < -0.3 is 0 Å². The van der Waals surface area contributed by atoms with E-state index in [0.717, 1.165) is 12.3 Å². The molecule has 0 heteroatoms. The molecule has 17 heavy (non-hydrogen) atoms. The van der Waals surface area contributed by atoms with Crippen LogP contribution in [0, 0.1) is 6.92 Å². The smallest absolute Gasteiger partial charge is 0.0162 e. The molecular formula is C17H27. The lowest BCUT2D eigenvalue weighted by Crippen LogP contribution is -1.99. The highest BCUT2D eigenvalue weighted by Crippen LogP contribution is 2.27. The molecule has 0 aliphatic heterocycles. The van der Waals surface area contributed by atoms with Crippen LogP contribution in [0.2, 0.25) is 0 Å². The van der Waals surface area contributed by atoms with Crippen LogP contribution in [0.5, 0.6) is 0 Å². The highest BCUT2D eigenvalue weighted by Gasteiger charge is 2.09. The van der Waals surface area contributed by atoms with Crippen LogP contribution in [0.1, 0.15) is 69.8 Å². The minimum atomic E-state index is 0.759. The molecule has 0 saturated carbocycles. The van der Waals surface area contributed by atoms with Gasteiger partial charge in [-0.1, -0.05) is 82.7 Å². The molecule has 0 heterocycles. The van der Waals surface area contributed by atoms with Gasteiger partial charge in [0.05, 0.1) is 0 Å². The number of benzene rings is 1. The van der Waals surface area contributed by atoms with Gasteiger partial charge in [-0.05, 0) is 24.3 Å². The van der Waals surface area contributed by atoms with Crippen molar-refractivity contribution in [3.63, 3.8) is 0 Å². The Balaban J connectivity index is 2.43. The second kappa shape index (κ2) is 9.27. The Labute approximate surface area is 107 Å². The van der Waals surface area contributed by atoms with Crippen molar-refractivity contribution in [2.75, 3.05) is 0 Å². The van der Waals surface area contributed by atoms with Crippen molar-refractivity contribution in [2.24, 2.45) is 0 Å². The van der Waals surface area contributed by atoms with Crippen molar-refractivity contribution >= 4 is 0 Å². The first-order valence-electron chi connectivity index (χ1n) is 7.22. The number of hydrogen-bond acceptors (Lipinski definition) is 0. The van der Waals surface area contributed by atoms with Gasteiger partial charge in [-0.25, -0.2) is 0 Å². The highest BCUT2D eigenvalue weighted by atomic mass is 14.1. The van der Waals surface area contributed by atoms with Gasteiger partial charge in [0.1, 0.15) is 0 Å². The molecule has 0 aliphatic rings. The number of rotatable bonds is 9. The molecule has 95 valence electrons. The Bertz CT molecular complexity index is 263. The topological polar surface area (TPSA) is 0 Å². The van der Waals surface area contributed by atoms with Crippen molar-refractivity contribution < 1.29 is 0 Å². The molecule has 0 nitrogen and oxygen atoms in total. The molecule has 0 spiro atoms. The fourth-order valence-corrected chi connectivity index (χ4v) is 2.41. The average molecular weight is 231 g/mol. The summed E-state index contributed by atoms with van der Waals surface area (Å²) in [5.41, 5.74) is 1.53. The van der Waals surface area contributed by atoms with Crippen LogP contribution in [0.25, 0.3) is 0 Å². The summed E-state index contributed by atoms with van der Waals surface area (Å²) >= 11 is 0. The van der Waals surface area contributed by atoms with Gasteiger partial charge in [-0.2, -0.15) is 0 Å². The fraction of sp³-hybridized carbons (Fsp3) is 0.588. The van der Waals surface area contributed by atoms with E-state index in [-0.39, 0.29) is 0 Å². The first kappa shape index (κ1) is 14.3. The van der Waals surface area contributed by atoms with E-state index in [1.165, 1.54) is 50.5 Å². The predicted octanol–water partition coefficient (Wildman–Crippen LogP) is 5.74. The largest absolute Gasteiger partial charge is 0.0654 e. The van der Waals surface area contributed by atoms with Crippen molar-refractivity contribution in [3.8, 4) is 0 Å². The monoisotopic (exact) mass is 231 g/mol. The Kier molecular flexibility index (Phi) is 7.79. The molecular weight excluding hydrogens is 204 g/mol. The third-order valence-corrected chi connectivity index (χ3v) is 3.48. The van der Waals surface area contributed by atoms with Gasteiger partial charge in [0, 0.05) is 0 Å². The number of hydrogen-bond donors (Lipinski definition) is 0. The van der Waals surface area contributed by atoms with Crippen molar-refractivity contribution in [3.05, 3.63) is 42.8 Å². The second-order valence-electron chi connectivity index (χ2n) is 4.95. The molecule has 0 aliphatic carbocycles. The summed E-state index contributed by atoms with van der Waals surface area (Å²) in [6, 6.07) is 11.0. The zero-order valence-corrected chi connectivity index (χ0v) is 11.3. The Morgan fingerprint density at radius 2 is 1.65 bits per heavy atom. The van der Waals surface area contributed by atoms with Gasteiger partial charge in [-0.3, -0.25) is 0 Å². The van der Waals surface area contributed by atoms with Crippen LogP contribution < -0.4 is 0 Å². The number of unbranched alkanes of at least 4 members (excludes halogenated alkanes) is 4. The molecule has 1 aromatic carbocycles. The van der Waals surface area contributed by atoms with Crippen LogP contribution in [0.15, 0.2) is 30.3 Å². The molecule has 1 aromatic rings. The quantitative estimate of drug-likeness (QED) is 0.475. The summed E-state index contributed by atoms with van der Waals surface area (Å²) in [5.74, 6) is 0.759. The van der Waals surface area contributed by atoms with Gasteiger partial charge in [0.15, 0.2) is 0 Å². The first-order valence-corrected chi connectivity index (χ1v) is 7.22. The third kappa shape index (κ3) is 5.91. The molecule has 1 unspecified atom stereocenters. The van der Waals surface area contributed by atoms with E-state index in [0.29, 0.717) is 0 Å². The van der Waals surface area contributed by atoms with E-state index in [2.05, 4.69) is 44.2 Å². The summed E-state index contributed by atoms with van der Waals surface area (Å²) in [4.78, 5) is 0. The van der Waals surface area contributed by atoms with E-state index >= 15 is 0 Å². The van der Waals surface area contributed by atoms with Crippen LogP contribution in [-0.4, -0.2) is 0 Å². The van der Waals surface area contributed by atoms with Crippen molar-refractivity contribution in [1.29, 1.82) is 0 Å². The maximum Gasteiger partial charge on any atom is -0.0162 e. The predicted molar refractivity (Wildman–Crippen MR) is 77.2 cm³/mol. The Morgan fingerprint density at radius 1 is 0.941 bits per heavy atom. The lowest BCUT2D eigenvalue weighted by molar-refractivity contribution is 0.513. The molecule has 0 fully saturated rings. The molecule has 0 bridgehead atoms. The highest BCUT2D eigenvalue weighted by molar-refractivity contribution is 5.19. The van der Waals surface area contributed by atoms with E-state index < -0.39 is 0 Å². The van der Waals surface area contributed by atoms with E-state index in [9.17, 15) is 0 Å². The molecule has 0 saturated heterocycles. The summed E-state index contributed by atoms with van der Waals surface area (Å²) in [6.07, 6.45) is 10.5. The zero-order valence-electron chi connectivity index (χ0n) is 11.3. The molecule has 1 radical (unpaired) electrons. The zero-order chi connectivity index (χ0) is 12.3. The maximum atomic E-state index is 3.96. The van der Waals surface area contributed by atoms with Crippen molar-refractivity contribution in [1.82, 2.24) is 0 Å². The second-order valence-corrected chi connectivity index (χ2v) is 4.95. The minimum absolute atomic E-state index is 0.759. The Morgan fingerprint density at radius 3 is 2.29 bits per heavy atom. The van der Waals surface area contributed by atoms with Crippen LogP contribution >= 0.6 is 0 Å². The standard InChI is InChI=1S/C17H27/c1-3-5-7-9-13-16(12-6-4-2)17-14-10-8-11-15-17/h8,10-11,14-16H,2-7,9,12-13H2,1H3. The summed E-state index contributed by atoms with van der Waals surface area (Å²) < 4.78 is 0. The van der Waals surface area contributed by atoms with Crippen LogP contribution in [0.3, 0.4) is 0 Å². The summed E-state index contributed by atoms with van der Waals surface area (Å²) in [6.45, 7) is 6.24. The van der Waals surface area contributed by atoms with E-state index in [4.69, 9.17) is 0 Å². The molecule has 0 amide bonds. The third-order valence-electron chi connectivity index (χ3n) is 3.48.